The third-order valence-corrected chi connectivity index (χ3v) is 6.22. The van der Waals surface area contributed by atoms with Crippen molar-refractivity contribution in [2.24, 2.45) is 11.8 Å². The number of aliphatic carboxylic acids is 2. The van der Waals surface area contributed by atoms with Crippen molar-refractivity contribution >= 4 is 39.4 Å². The van der Waals surface area contributed by atoms with Crippen LogP contribution in [0.1, 0.15) is 18.4 Å². The van der Waals surface area contributed by atoms with Crippen molar-refractivity contribution in [3.63, 3.8) is 0 Å². The Morgan fingerprint density at radius 1 is 1.07 bits per heavy atom. The molecule has 0 heterocycles. The molecule has 1 aliphatic carbocycles. The summed E-state index contributed by atoms with van der Waals surface area (Å²) in [7, 11) is 3.16. The van der Waals surface area contributed by atoms with Gasteiger partial charge in [0.1, 0.15) is 0 Å². The summed E-state index contributed by atoms with van der Waals surface area (Å²) in [6, 6.07) is 10.3. The number of hydrogen-bond acceptors (Lipinski definition) is 5. The van der Waals surface area contributed by atoms with Gasteiger partial charge in [0, 0.05) is 24.0 Å². The zero-order valence-corrected chi connectivity index (χ0v) is 17.0. The first-order chi connectivity index (χ1) is 13.6. The molecule has 2 unspecified atom stereocenters. The quantitative estimate of drug-likeness (QED) is 0.368. The van der Waals surface area contributed by atoms with Gasteiger partial charge in [-0.3, -0.25) is 9.59 Å². The van der Waals surface area contributed by atoms with Crippen LogP contribution in [-0.4, -0.2) is 52.3 Å². The number of rotatable bonds is 10. The number of carboxylic acids is 2. The van der Waals surface area contributed by atoms with Gasteiger partial charge in [-0.15, -0.1) is 0 Å². The fraction of sp³-hybridized carbons (Fsp3) is 0.500. The minimum Gasteiger partial charge on any atom is -0.481 e. The van der Waals surface area contributed by atoms with E-state index in [0.29, 0.717) is 18.2 Å². The summed E-state index contributed by atoms with van der Waals surface area (Å²) in [5.41, 5.74) is 1.30. The Balaban J connectivity index is 0.000000516. The summed E-state index contributed by atoms with van der Waals surface area (Å²) in [6.45, 7) is 0.651. The molecule has 0 spiro atoms. The van der Waals surface area contributed by atoms with Crippen LogP contribution in [0, 0.1) is 11.8 Å². The van der Waals surface area contributed by atoms with Gasteiger partial charge in [-0.2, -0.15) is 13.2 Å². The lowest BCUT2D eigenvalue weighted by Gasteiger charge is -2.04. The second-order valence-electron chi connectivity index (χ2n) is 6.17. The van der Waals surface area contributed by atoms with Crippen molar-refractivity contribution < 1.29 is 37.8 Å². The first-order valence-electron chi connectivity index (χ1n) is 8.69. The molecule has 0 radical (unpaired) electrons. The number of hydrogen-bond donors (Lipinski definition) is 3. The van der Waals surface area contributed by atoms with Crippen molar-refractivity contribution in [2.45, 2.75) is 25.4 Å². The van der Waals surface area contributed by atoms with E-state index in [0.717, 1.165) is 18.6 Å². The molecule has 0 saturated heterocycles. The molecule has 2 rings (SSSR count). The van der Waals surface area contributed by atoms with E-state index in [1.807, 2.05) is 18.2 Å². The molecule has 1 saturated carbocycles. The highest BCUT2D eigenvalue weighted by atomic mass is 33.1. The number of nitrogens with one attached hydrogen (secondary N) is 1. The number of carbonyl (C=O) groups excluding carboxylic acids is 1. The molecule has 1 aromatic carbocycles. The normalized spacial score (nSPS) is 17.6. The summed E-state index contributed by atoms with van der Waals surface area (Å²) < 4.78 is 31.7. The SMILES string of the molecule is O=C(O)C(F)(F)F.O=C(O)CCSSCCNC(=O)C1CC1Cc1ccccc1. The van der Waals surface area contributed by atoms with Crippen LogP contribution < -0.4 is 5.32 Å². The fourth-order valence-corrected chi connectivity index (χ4v) is 4.19. The molecule has 1 aromatic rings. The van der Waals surface area contributed by atoms with Crippen molar-refractivity contribution in [3.05, 3.63) is 35.9 Å². The molecular weight excluding hydrogens is 431 g/mol. The van der Waals surface area contributed by atoms with Crippen LogP contribution in [0.15, 0.2) is 30.3 Å². The molecule has 1 aliphatic rings. The maximum atomic E-state index is 12.0. The van der Waals surface area contributed by atoms with E-state index in [9.17, 15) is 22.8 Å². The minimum absolute atomic E-state index is 0.164. The molecule has 0 bridgehead atoms. The monoisotopic (exact) mass is 453 g/mol. The molecule has 1 amide bonds. The fourth-order valence-electron chi connectivity index (χ4n) is 2.30. The zero-order chi connectivity index (χ0) is 21.9. The lowest BCUT2D eigenvalue weighted by molar-refractivity contribution is -0.192. The van der Waals surface area contributed by atoms with E-state index in [4.69, 9.17) is 15.0 Å². The molecule has 6 nitrogen and oxygen atoms in total. The van der Waals surface area contributed by atoms with Gasteiger partial charge in [0.15, 0.2) is 0 Å². The van der Waals surface area contributed by atoms with Gasteiger partial charge in [-0.05, 0) is 24.3 Å². The average molecular weight is 454 g/mol. The van der Waals surface area contributed by atoms with Crippen LogP contribution in [0.25, 0.3) is 0 Å². The van der Waals surface area contributed by atoms with Gasteiger partial charge in [0.25, 0.3) is 0 Å². The summed E-state index contributed by atoms with van der Waals surface area (Å²) in [4.78, 5) is 31.2. The molecule has 2 atom stereocenters. The summed E-state index contributed by atoms with van der Waals surface area (Å²) in [5.74, 6) is -1.28. The molecular formula is C18H22F3NO5S2. The van der Waals surface area contributed by atoms with Gasteiger partial charge < -0.3 is 15.5 Å². The molecule has 11 heteroatoms. The van der Waals surface area contributed by atoms with Gasteiger partial charge in [-0.25, -0.2) is 4.79 Å². The maximum Gasteiger partial charge on any atom is 0.490 e. The predicted molar refractivity (Wildman–Crippen MR) is 106 cm³/mol. The molecule has 1 fully saturated rings. The number of carbonyl (C=O) groups is 3. The molecule has 0 aliphatic heterocycles. The minimum atomic E-state index is -5.08. The summed E-state index contributed by atoms with van der Waals surface area (Å²) in [5, 5.41) is 18.6. The molecule has 162 valence electrons. The van der Waals surface area contributed by atoms with Crippen molar-refractivity contribution in [2.75, 3.05) is 18.1 Å². The number of benzene rings is 1. The highest BCUT2D eigenvalue weighted by Crippen LogP contribution is 2.41. The van der Waals surface area contributed by atoms with Crippen molar-refractivity contribution in [3.8, 4) is 0 Å². The smallest absolute Gasteiger partial charge is 0.481 e. The topological polar surface area (TPSA) is 104 Å². The average Bonchev–Trinajstić information content (AvgIpc) is 3.40. The van der Waals surface area contributed by atoms with E-state index in [1.165, 1.54) is 5.56 Å². The third kappa shape index (κ3) is 11.6. The Morgan fingerprint density at radius 3 is 2.21 bits per heavy atom. The number of alkyl halides is 3. The third-order valence-electron chi connectivity index (χ3n) is 3.81. The Morgan fingerprint density at radius 2 is 1.66 bits per heavy atom. The highest BCUT2D eigenvalue weighted by Gasteiger charge is 2.42. The van der Waals surface area contributed by atoms with Crippen LogP contribution in [0.4, 0.5) is 13.2 Å². The zero-order valence-electron chi connectivity index (χ0n) is 15.4. The van der Waals surface area contributed by atoms with Crippen LogP contribution in [0.5, 0.6) is 0 Å². The second kappa shape index (κ2) is 12.6. The van der Waals surface area contributed by atoms with Gasteiger partial charge in [0.2, 0.25) is 5.91 Å². The Hall–Kier alpha value is -1.88. The first-order valence-corrected chi connectivity index (χ1v) is 11.2. The Labute approximate surface area is 174 Å². The van der Waals surface area contributed by atoms with E-state index in [-0.39, 0.29) is 18.2 Å². The van der Waals surface area contributed by atoms with E-state index < -0.39 is 18.1 Å². The van der Waals surface area contributed by atoms with Crippen LogP contribution in [-0.2, 0) is 20.8 Å². The van der Waals surface area contributed by atoms with Gasteiger partial charge in [0.05, 0.1) is 6.42 Å². The highest BCUT2D eigenvalue weighted by molar-refractivity contribution is 8.76. The van der Waals surface area contributed by atoms with Gasteiger partial charge >= 0.3 is 18.1 Å². The molecule has 0 aromatic heterocycles. The lowest BCUT2D eigenvalue weighted by Crippen LogP contribution is -2.27. The maximum absolute atomic E-state index is 12.0. The predicted octanol–water partition coefficient (Wildman–Crippen LogP) is 3.47. The standard InChI is InChI=1S/C16H21NO3S2.C2HF3O2/c18-15(19)6-8-21-22-9-7-17-16(20)14-11-13(14)10-12-4-2-1-3-5-12;3-2(4,5)1(6)7/h1-5,13-14H,6-11H2,(H,17,20)(H,18,19);(H,6,7). The van der Waals surface area contributed by atoms with Crippen molar-refractivity contribution in [1.29, 1.82) is 0 Å². The first kappa shape index (κ1) is 25.2. The van der Waals surface area contributed by atoms with E-state index in [2.05, 4.69) is 17.4 Å². The van der Waals surface area contributed by atoms with Crippen LogP contribution in [0.3, 0.4) is 0 Å². The van der Waals surface area contributed by atoms with E-state index in [1.54, 1.807) is 21.6 Å². The van der Waals surface area contributed by atoms with E-state index >= 15 is 0 Å². The number of carboxylic acid groups (broad SMARTS) is 2. The van der Waals surface area contributed by atoms with Crippen molar-refractivity contribution in [1.82, 2.24) is 5.32 Å². The Kier molecular flexibility index (Phi) is 11.0. The Bertz CT molecular complexity index is 673. The number of halogens is 3. The molecule has 3 N–H and O–H groups in total. The number of amides is 1. The summed E-state index contributed by atoms with van der Waals surface area (Å²) in [6.07, 6.45) is -2.92. The molecule has 29 heavy (non-hydrogen) atoms. The van der Waals surface area contributed by atoms with Crippen LogP contribution >= 0.6 is 21.6 Å². The summed E-state index contributed by atoms with van der Waals surface area (Å²) >= 11 is 0. The van der Waals surface area contributed by atoms with Crippen LogP contribution in [0.2, 0.25) is 0 Å². The largest absolute Gasteiger partial charge is 0.490 e. The van der Waals surface area contributed by atoms with Gasteiger partial charge in [-0.1, -0.05) is 51.9 Å². The lowest BCUT2D eigenvalue weighted by atomic mass is 10.1. The second-order valence-corrected chi connectivity index (χ2v) is 8.88.